The first kappa shape index (κ1) is 19.9. The second-order valence-corrected chi connectivity index (χ2v) is 5.03. The Morgan fingerprint density at radius 2 is 1.40 bits per heavy atom. The molecule has 25 heavy (non-hydrogen) atoms. The second kappa shape index (κ2) is 9.24. The van der Waals surface area contributed by atoms with Gasteiger partial charge in [0.2, 0.25) is 0 Å². The van der Waals surface area contributed by atoms with Gasteiger partial charge in [0.1, 0.15) is 0 Å². The van der Waals surface area contributed by atoms with Crippen LogP contribution in [0.25, 0.3) is 0 Å². The van der Waals surface area contributed by atoms with E-state index in [0.29, 0.717) is 0 Å². The van der Waals surface area contributed by atoms with Gasteiger partial charge in [0.15, 0.2) is 13.2 Å². The lowest BCUT2D eigenvalue weighted by Gasteiger charge is -2.13. The Bertz CT molecular complexity index is 703. The molecule has 1 aromatic rings. The molecule has 0 atom stereocenters. The number of ether oxygens (including phenoxy) is 2. The largest absolute Gasteiger partial charge is 0.456 e. The van der Waals surface area contributed by atoms with Crippen LogP contribution in [0.2, 0.25) is 5.02 Å². The van der Waals surface area contributed by atoms with Gasteiger partial charge in [-0.05, 0) is 12.1 Å². The van der Waals surface area contributed by atoms with E-state index in [1.807, 2.05) is 6.07 Å². The number of hydrogen-bond acceptors (Lipinski definition) is 7. The Morgan fingerprint density at radius 1 is 1.00 bits per heavy atom. The van der Waals surface area contributed by atoms with Crippen molar-refractivity contribution in [1.82, 2.24) is 0 Å². The number of carbonyl (C=O) groups excluding carboxylic acids is 4. The molecule has 0 aromatic heterocycles. The Morgan fingerprint density at radius 3 is 1.72 bits per heavy atom. The molecule has 132 valence electrons. The summed E-state index contributed by atoms with van der Waals surface area (Å²) in [7, 11) is 0. The highest BCUT2D eigenvalue weighted by Gasteiger charge is 2.15. The van der Waals surface area contributed by atoms with Gasteiger partial charge in [0.25, 0.3) is 11.8 Å². The number of esters is 2. The highest BCUT2D eigenvalue weighted by molar-refractivity contribution is 6.37. The van der Waals surface area contributed by atoms with Crippen LogP contribution in [0.15, 0.2) is 12.1 Å². The summed E-state index contributed by atoms with van der Waals surface area (Å²) in [6.45, 7) is 1.23. The van der Waals surface area contributed by atoms with Crippen molar-refractivity contribution in [2.24, 2.45) is 0 Å². The second-order valence-electron chi connectivity index (χ2n) is 4.65. The van der Waals surface area contributed by atoms with Crippen molar-refractivity contribution in [2.75, 3.05) is 23.8 Å². The van der Waals surface area contributed by atoms with Gasteiger partial charge in [-0.25, -0.2) is 0 Å². The van der Waals surface area contributed by atoms with E-state index in [-0.39, 0.29) is 22.0 Å². The van der Waals surface area contributed by atoms with Crippen molar-refractivity contribution < 1.29 is 28.7 Å². The zero-order valence-electron chi connectivity index (χ0n) is 13.3. The molecule has 0 aliphatic heterocycles. The molecule has 0 aliphatic carbocycles. The molecule has 1 aromatic carbocycles. The number of rotatable bonds is 6. The predicted molar refractivity (Wildman–Crippen MR) is 86.7 cm³/mol. The molecule has 0 fully saturated rings. The van der Waals surface area contributed by atoms with Crippen molar-refractivity contribution in [3.8, 4) is 6.07 Å². The minimum absolute atomic E-state index is 0.0423. The van der Waals surface area contributed by atoms with E-state index >= 15 is 0 Å². The molecular formula is C15H14ClN3O6. The summed E-state index contributed by atoms with van der Waals surface area (Å²) in [4.78, 5) is 44.8. The van der Waals surface area contributed by atoms with Gasteiger partial charge in [-0.2, -0.15) is 5.26 Å². The maximum Gasteiger partial charge on any atom is 0.303 e. The van der Waals surface area contributed by atoms with Crippen LogP contribution in [0.3, 0.4) is 0 Å². The van der Waals surface area contributed by atoms with Crippen LogP contribution in [0, 0.1) is 11.3 Å². The molecule has 0 spiro atoms. The molecule has 0 bridgehead atoms. The molecule has 0 aliphatic rings. The van der Waals surface area contributed by atoms with E-state index in [0.717, 1.165) is 13.8 Å². The number of halogens is 1. The number of hydrogen-bond donors (Lipinski definition) is 2. The molecule has 0 radical (unpaired) electrons. The SMILES string of the molecule is CC(=O)OCC(=O)Nc1cc(C#N)cc(NC(=O)COC(C)=O)c1Cl. The first-order valence-electron chi connectivity index (χ1n) is 6.83. The summed E-state index contributed by atoms with van der Waals surface area (Å²) in [6.07, 6.45) is 0. The van der Waals surface area contributed by atoms with Crippen LogP contribution < -0.4 is 10.6 Å². The third-order valence-electron chi connectivity index (χ3n) is 2.56. The van der Waals surface area contributed by atoms with Gasteiger partial charge in [-0.1, -0.05) is 11.6 Å². The molecule has 2 amide bonds. The fraction of sp³-hybridized carbons (Fsp3) is 0.267. The zero-order valence-corrected chi connectivity index (χ0v) is 14.1. The highest BCUT2D eigenvalue weighted by Crippen LogP contribution is 2.32. The first-order valence-corrected chi connectivity index (χ1v) is 7.20. The number of nitrogens with zero attached hydrogens (tertiary/aromatic N) is 1. The van der Waals surface area contributed by atoms with Crippen LogP contribution in [0.5, 0.6) is 0 Å². The average molecular weight is 368 g/mol. The monoisotopic (exact) mass is 367 g/mol. The summed E-state index contributed by atoms with van der Waals surface area (Å²) in [5, 5.41) is 13.7. The number of amides is 2. The normalized spacial score (nSPS) is 9.52. The van der Waals surface area contributed by atoms with Crippen LogP contribution in [0.1, 0.15) is 19.4 Å². The molecule has 9 nitrogen and oxygen atoms in total. The van der Waals surface area contributed by atoms with Gasteiger partial charge >= 0.3 is 11.9 Å². The standard InChI is InChI=1S/C15H14ClN3O6/c1-8(20)24-6-13(22)18-11-3-10(5-17)4-12(15(11)16)19-14(23)7-25-9(2)21/h3-4H,6-7H2,1-2H3,(H,18,22)(H,19,23). The zero-order chi connectivity index (χ0) is 19.0. The Kier molecular flexibility index (Phi) is 7.37. The Balaban J connectivity index is 2.94. The van der Waals surface area contributed by atoms with E-state index in [9.17, 15) is 19.2 Å². The number of anilines is 2. The van der Waals surface area contributed by atoms with Crippen LogP contribution >= 0.6 is 11.6 Å². The molecule has 2 N–H and O–H groups in total. The highest BCUT2D eigenvalue weighted by atomic mass is 35.5. The molecule has 0 saturated carbocycles. The maximum absolute atomic E-state index is 11.7. The molecule has 0 saturated heterocycles. The summed E-state index contributed by atoms with van der Waals surface area (Å²) >= 11 is 6.10. The third-order valence-corrected chi connectivity index (χ3v) is 2.97. The molecule has 10 heteroatoms. The topological polar surface area (TPSA) is 135 Å². The maximum atomic E-state index is 11.7. The lowest BCUT2D eigenvalue weighted by atomic mass is 10.2. The van der Waals surface area contributed by atoms with Gasteiger partial charge in [0, 0.05) is 13.8 Å². The van der Waals surface area contributed by atoms with Crippen molar-refractivity contribution in [3.63, 3.8) is 0 Å². The summed E-state index contributed by atoms with van der Waals surface area (Å²) in [5.41, 5.74) is 0.191. The van der Waals surface area contributed by atoms with Crippen LogP contribution in [-0.2, 0) is 28.7 Å². The lowest BCUT2D eigenvalue weighted by molar-refractivity contribution is -0.145. The van der Waals surface area contributed by atoms with Crippen molar-refractivity contribution in [1.29, 1.82) is 5.26 Å². The molecule has 1 rings (SSSR count). The quantitative estimate of drug-likeness (QED) is 0.721. The van der Waals surface area contributed by atoms with E-state index in [4.69, 9.17) is 16.9 Å². The van der Waals surface area contributed by atoms with Crippen molar-refractivity contribution in [2.45, 2.75) is 13.8 Å². The lowest BCUT2D eigenvalue weighted by Crippen LogP contribution is -2.22. The fourth-order valence-corrected chi connectivity index (χ4v) is 1.78. The van der Waals surface area contributed by atoms with Crippen LogP contribution in [0.4, 0.5) is 11.4 Å². The minimum atomic E-state index is -0.677. The van der Waals surface area contributed by atoms with Crippen LogP contribution in [-0.4, -0.2) is 37.0 Å². The molecular weight excluding hydrogens is 354 g/mol. The van der Waals surface area contributed by atoms with E-state index in [1.165, 1.54) is 12.1 Å². The summed E-state index contributed by atoms with van der Waals surface area (Å²) in [5.74, 6) is -2.62. The number of benzene rings is 1. The Labute approximate surface area is 147 Å². The molecule has 0 heterocycles. The van der Waals surface area contributed by atoms with Gasteiger partial charge < -0.3 is 20.1 Å². The first-order chi connectivity index (χ1) is 11.7. The van der Waals surface area contributed by atoms with Crippen molar-refractivity contribution in [3.05, 3.63) is 22.7 Å². The summed E-state index contributed by atoms with van der Waals surface area (Å²) in [6, 6.07) is 4.42. The van der Waals surface area contributed by atoms with Gasteiger partial charge in [0.05, 0.1) is 28.0 Å². The van der Waals surface area contributed by atoms with E-state index < -0.39 is 37.0 Å². The minimum Gasteiger partial charge on any atom is -0.456 e. The third kappa shape index (κ3) is 6.88. The van der Waals surface area contributed by atoms with Crippen molar-refractivity contribution >= 4 is 46.7 Å². The van der Waals surface area contributed by atoms with Gasteiger partial charge in [-0.15, -0.1) is 0 Å². The molecule has 0 unspecified atom stereocenters. The van der Waals surface area contributed by atoms with E-state index in [2.05, 4.69) is 20.1 Å². The summed E-state index contributed by atoms with van der Waals surface area (Å²) < 4.78 is 9.09. The van der Waals surface area contributed by atoms with Gasteiger partial charge in [-0.3, -0.25) is 19.2 Å². The number of carbonyl (C=O) groups is 4. The predicted octanol–water partition coefficient (Wildman–Crippen LogP) is 1.21. The average Bonchev–Trinajstić information content (AvgIpc) is 2.54. The number of nitrogens with one attached hydrogen (secondary N) is 2. The fourth-order valence-electron chi connectivity index (χ4n) is 1.58. The van der Waals surface area contributed by atoms with E-state index in [1.54, 1.807) is 0 Å². The Hall–Kier alpha value is -3.12. The smallest absolute Gasteiger partial charge is 0.303 e. The number of nitriles is 1.